The van der Waals surface area contributed by atoms with Crippen LogP contribution in [0.2, 0.25) is 0 Å². The number of aryl methyl sites for hydroxylation is 3. The summed E-state index contributed by atoms with van der Waals surface area (Å²) in [5.41, 5.74) is 3.16. The molecule has 2 aromatic carbocycles. The van der Waals surface area contributed by atoms with Crippen molar-refractivity contribution in [3.8, 4) is 0 Å². The second kappa shape index (κ2) is 10.3. The lowest BCUT2D eigenvalue weighted by Gasteiger charge is -2.35. The number of rotatable bonds is 6. The molecule has 172 valence electrons. The molecule has 2 N–H and O–H groups in total. The van der Waals surface area contributed by atoms with E-state index in [-0.39, 0.29) is 12.6 Å². The summed E-state index contributed by atoms with van der Waals surface area (Å²) in [5.74, 6) is -1.47. The molecule has 1 aliphatic heterocycles. The molecule has 2 aromatic rings. The molecule has 0 aromatic heterocycles. The third kappa shape index (κ3) is 5.75. The highest BCUT2D eigenvalue weighted by Gasteiger charge is 2.34. The number of carbonyl (C=O) groups excluding carboxylic acids is 2. The molecular formula is C24H31N3O4S. The molecule has 0 spiro atoms. The maximum absolute atomic E-state index is 13.4. The molecule has 1 atom stereocenters. The molecule has 0 bridgehead atoms. The van der Waals surface area contributed by atoms with E-state index in [1.54, 1.807) is 35.5 Å². The average Bonchev–Trinajstić information content (AvgIpc) is 2.75. The second-order valence-corrected chi connectivity index (χ2v) is 10.3. The Balaban J connectivity index is 1.61. The van der Waals surface area contributed by atoms with Crippen LogP contribution in [0.1, 0.15) is 42.4 Å². The van der Waals surface area contributed by atoms with Gasteiger partial charge in [0.1, 0.15) is 0 Å². The number of anilines is 1. The lowest BCUT2D eigenvalue weighted by molar-refractivity contribution is -0.136. The van der Waals surface area contributed by atoms with Crippen molar-refractivity contribution in [1.29, 1.82) is 0 Å². The van der Waals surface area contributed by atoms with Gasteiger partial charge in [-0.2, -0.15) is 4.31 Å². The quantitative estimate of drug-likeness (QED) is 0.651. The van der Waals surface area contributed by atoms with E-state index >= 15 is 0 Å². The van der Waals surface area contributed by atoms with Gasteiger partial charge in [0.2, 0.25) is 10.0 Å². The number of carbonyl (C=O) groups is 2. The Bertz CT molecular complexity index is 1100. The minimum Gasteiger partial charge on any atom is -0.348 e. The van der Waals surface area contributed by atoms with Crippen LogP contribution in [0, 0.1) is 20.8 Å². The van der Waals surface area contributed by atoms with Crippen LogP contribution in [0.5, 0.6) is 0 Å². The fraction of sp³-hybridized carbons (Fsp3) is 0.417. The van der Waals surface area contributed by atoms with E-state index in [1.807, 2.05) is 32.0 Å². The molecule has 0 radical (unpaired) electrons. The van der Waals surface area contributed by atoms with Gasteiger partial charge in [0.25, 0.3) is 0 Å². The van der Waals surface area contributed by atoms with Crippen LogP contribution in [0.15, 0.2) is 47.4 Å². The molecular weight excluding hydrogens is 426 g/mol. The van der Waals surface area contributed by atoms with E-state index in [0.29, 0.717) is 23.5 Å². The van der Waals surface area contributed by atoms with Gasteiger partial charge in [0.15, 0.2) is 0 Å². The third-order valence-electron chi connectivity index (χ3n) is 5.75. The van der Waals surface area contributed by atoms with Gasteiger partial charge in [-0.05, 0) is 74.9 Å². The first-order valence-corrected chi connectivity index (χ1v) is 12.4. The molecule has 32 heavy (non-hydrogen) atoms. The number of sulfonamides is 1. The van der Waals surface area contributed by atoms with Crippen molar-refractivity contribution in [3.63, 3.8) is 0 Å². The zero-order valence-corrected chi connectivity index (χ0v) is 19.7. The van der Waals surface area contributed by atoms with Crippen molar-refractivity contribution in [2.45, 2.75) is 57.4 Å². The van der Waals surface area contributed by atoms with Crippen LogP contribution in [0.3, 0.4) is 0 Å². The summed E-state index contributed by atoms with van der Waals surface area (Å²) in [6.45, 7) is 6.27. The number of hydrogen-bond acceptors (Lipinski definition) is 4. The summed E-state index contributed by atoms with van der Waals surface area (Å²) in [4.78, 5) is 24.7. The summed E-state index contributed by atoms with van der Waals surface area (Å²) in [5, 5.41) is 5.20. The average molecular weight is 458 g/mol. The fourth-order valence-electron chi connectivity index (χ4n) is 4.03. The summed E-state index contributed by atoms with van der Waals surface area (Å²) in [6, 6.07) is 12.4. The Kier molecular flexibility index (Phi) is 7.69. The van der Waals surface area contributed by atoms with Gasteiger partial charge >= 0.3 is 11.8 Å². The summed E-state index contributed by atoms with van der Waals surface area (Å²) in [6.07, 6.45) is 2.93. The van der Waals surface area contributed by atoms with Gasteiger partial charge in [-0.1, -0.05) is 30.7 Å². The van der Waals surface area contributed by atoms with Gasteiger partial charge in [-0.25, -0.2) is 8.42 Å². The molecule has 2 amide bonds. The first-order valence-electron chi connectivity index (χ1n) is 10.9. The molecule has 1 aliphatic rings. The van der Waals surface area contributed by atoms with E-state index in [9.17, 15) is 18.0 Å². The largest absolute Gasteiger partial charge is 0.348 e. The Labute approximate surface area is 190 Å². The third-order valence-corrected chi connectivity index (χ3v) is 7.84. The van der Waals surface area contributed by atoms with Crippen molar-refractivity contribution < 1.29 is 18.0 Å². The molecule has 1 fully saturated rings. The fourth-order valence-corrected chi connectivity index (χ4v) is 6.07. The Hall–Kier alpha value is -2.71. The first kappa shape index (κ1) is 23.9. The second-order valence-electron chi connectivity index (χ2n) is 8.40. The Morgan fingerprint density at radius 3 is 2.50 bits per heavy atom. The maximum atomic E-state index is 13.4. The minimum absolute atomic E-state index is 0.214. The van der Waals surface area contributed by atoms with Crippen molar-refractivity contribution in [3.05, 3.63) is 59.2 Å². The summed E-state index contributed by atoms with van der Waals surface area (Å²) < 4.78 is 28.3. The molecule has 0 saturated carbocycles. The topological polar surface area (TPSA) is 95.6 Å². The Morgan fingerprint density at radius 2 is 1.75 bits per heavy atom. The highest BCUT2D eigenvalue weighted by atomic mass is 32.2. The first-order chi connectivity index (χ1) is 15.2. The number of amides is 2. The van der Waals surface area contributed by atoms with E-state index in [0.717, 1.165) is 36.0 Å². The smallest absolute Gasteiger partial charge is 0.313 e. The predicted octanol–water partition coefficient (Wildman–Crippen LogP) is 3.30. The molecule has 1 heterocycles. The van der Waals surface area contributed by atoms with Crippen molar-refractivity contribution in [1.82, 2.24) is 9.62 Å². The van der Waals surface area contributed by atoms with Gasteiger partial charge < -0.3 is 10.6 Å². The number of piperidine rings is 1. The molecule has 0 aliphatic carbocycles. The highest BCUT2D eigenvalue weighted by molar-refractivity contribution is 7.89. The standard InChI is InChI=1S/C24H31N3O4S/c1-17-7-6-8-20(15-17)26-24(29)23(28)25-13-12-21-9-4-5-14-27(21)32(30,31)22-16-18(2)10-11-19(22)3/h6-8,10-11,15-16,21H,4-5,9,12-14H2,1-3H3,(H,25,28)(H,26,29)/t21-/m0/s1. The number of benzene rings is 2. The molecule has 3 rings (SSSR count). The zero-order valence-electron chi connectivity index (χ0n) is 18.8. The van der Waals surface area contributed by atoms with Crippen molar-refractivity contribution >= 4 is 27.5 Å². The van der Waals surface area contributed by atoms with Gasteiger partial charge in [-0.15, -0.1) is 0 Å². The van der Waals surface area contributed by atoms with E-state index < -0.39 is 21.8 Å². The maximum Gasteiger partial charge on any atom is 0.313 e. The van der Waals surface area contributed by atoms with Crippen LogP contribution in [-0.2, 0) is 19.6 Å². The molecule has 7 nitrogen and oxygen atoms in total. The van der Waals surface area contributed by atoms with Crippen LogP contribution in [-0.4, -0.2) is 43.7 Å². The lowest BCUT2D eigenvalue weighted by Crippen LogP contribution is -2.46. The number of hydrogen-bond donors (Lipinski definition) is 2. The Morgan fingerprint density at radius 1 is 1.00 bits per heavy atom. The predicted molar refractivity (Wildman–Crippen MR) is 125 cm³/mol. The van der Waals surface area contributed by atoms with E-state index in [4.69, 9.17) is 0 Å². The highest BCUT2D eigenvalue weighted by Crippen LogP contribution is 2.29. The van der Waals surface area contributed by atoms with E-state index in [2.05, 4.69) is 10.6 Å². The minimum atomic E-state index is -3.63. The van der Waals surface area contributed by atoms with Crippen molar-refractivity contribution in [2.24, 2.45) is 0 Å². The summed E-state index contributed by atoms with van der Waals surface area (Å²) in [7, 11) is -3.63. The van der Waals surface area contributed by atoms with Crippen LogP contribution < -0.4 is 10.6 Å². The van der Waals surface area contributed by atoms with E-state index in [1.165, 1.54) is 0 Å². The monoisotopic (exact) mass is 457 g/mol. The van der Waals surface area contributed by atoms with Crippen LogP contribution in [0.25, 0.3) is 0 Å². The van der Waals surface area contributed by atoms with Crippen LogP contribution in [0.4, 0.5) is 5.69 Å². The number of nitrogens with one attached hydrogen (secondary N) is 2. The van der Waals surface area contributed by atoms with Crippen LogP contribution >= 0.6 is 0 Å². The molecule has 1 saturated heterocycles. The lowest BCUT2D eigenvalue weighted by atomic mass is 10.0. The van der Waals surface area contributed by atoms with Gasteiger partial charge in [0, 0.05) is 24.8 Å². The normalized spacial score (nSPS) is 17.0. The number of nitrogens with zero attached hydrogens (tertiary/aromatic N) is 1. The van der Waals surface area contributed by atoms with Crippen molar-refractivity contribution in [2.75, 3.05) is 18.4 Å². The SMILES string of the molecule is Cc1cccc(NC(=O)C(=O)NCC[C@@H]2CCCCN2S(=O)(=O)c2cc(C)ccc2C)c1. The van der Waals surface area contributed by atoms with Gasteiger partial charge in [0.05, 0.1) is 4.90 Å². The summed E-state index contributed by atoms with van der Waals surface area (Å²) >= 11 is 0. The molecule has 0 unspecified atom stereocenters. The van der Waals surface area contributed by atoms with Gasteiger partial charge in [-0.3, -0.25) is 9.59 Å². The zero-order chi connectivity index (χ0) is 23.3. The molecule has 8 heteroatoms.